The Hall–Kier alpha value is 1.66. The third-order valence-electron chi connectivity index (χ3n) is 0.468. The van der Waals surface area contributed by atoms with Crippen LogP contribution in [0.4, 0.5) is 0 Å². The van der Waals surface area contributed by atoms with Gasteiger partial charge in [-0.15, -0.1) is 8.67 Å². The summed E-state index contributed by atoms with van der Waals surface area (Å²) in [5.74, 6) is 0. The molecule has 18 heavy (non-hydrogen) atoms. The first-order valence-corrected chi connectivity index (χ1v) is 6.05. The van der Waals surface area contributed by atoms with Crippen molar-refractivity contribution in [1.29, 1.82) is 0 Å². The molecule has 0 aliphatic carbocycles. The average molecular weight is 328 g/mol. The Morgan fingerprint density at radius 1 is 0.889 bits per heavy atom. The van der Waals surface area contributed by atoms with Crippen molar-refractivity contribution in [2.75, 3.05) is 0 Å². The summed E-state index contributed by atoms with van der Waals surface area (Å²) in [6.07, 6.45) is 0. The van der Waals surface area contributed by atoms with E-state index in [1.165, 1.54) is 0 Å². The van der Waals surface area contributed by atoms with E-state index in [9.17, 15) is 25.9 Å². The summed E-state index contributed by atoms with van der Waals surface area (Å²) in [5, 5.41) is 7.90. The predicted octanol–water partition coefficient (Wildman–Crippen LogP) is -6.86. The molecule has 0 saturated heterocycles. The van der Waals surface area contributed by atoms with Crippen LogP contribution in [-0.2, 0) is 34.4 Å². The third kappa shape index (κ3) is 36.1. The van der Waals surface area contributed by atoms with Crippen molar-refractivity contribution in [3.05, 3.63) is 0 Å². The van der Waals surface area contributed by atoms with E-state index in [0.29, 0.717) is 0 Å². The van der Waals surface area contributed by atoms with Crippen molar-refractivity contribution in [2.24, 2.45) is 0 Å². The number of hydrogen-bond acceptors (Lipinski definition) is 10. The van der Waals surface area contributed by atoms with Crippen molar-refractivity contribution >= 4 is 20.8 Å². The van der Waals surface area contributed by atoms with E-state index in [1.54, 1.807) is 20.8 Å². The van der Waals surface area contributed by atoms with Crippen LogP contribution >= 0.6 is 0 Å². The van der Waals surface area contributed by atoms with Crippen LogP contribution in [0.3, 0.4) is 0 Å². The van der Waals surface area contributed by atoms with Crippen LogP contribution < -0.4 is 59.1 Å². The molecule has 0 rings (SSSR count). The average Bonchev–Trinajstić information content (AvgIpc) is 1.98. The summed E-state index contributed by atoms with van der Waals surface area (Å²) in [7, 11) is -10.6. The van der Waals surface area contributed by atoms with Crippen molar-refractivity contribution in [1.82, 2.24) is 0 Å². The monoisotopic (exact) mass is 328 g/mol. The van der Waals surface area contributed by atoms with Gasteiger partial charge in [-0.2, -0.15) is 0 Å². The molecule has 0 atom stereocenters. The molecule has 0 aromatic rings. The smallest absolute Gasteiger partial charge is 0.724 e. The maximum absolute atomic E-state index is 9.37. The number of hydrogen-bond donors (Lipinski definition) is 1. The van der Waals surface area contributed by atoms with Gasteiger partial charge in [-0.25, -0.2) is 21.7 Å². The maximum atomic E-state index is 9.37. The van der Waals surface area contributed by atoms with Gasteiger partial charge < -0.3 is 9.11 Å². The van der Waals surface area contributed by atoms with Gasteiger partial charge in [0, 0.05) is 0 Å². The zero-order valence-corrected chi connectivity index (χ0v) is 16.1. The largest absolute Gasteiger partial charge is 1.00 e. The molecule has 0 radical (unpaired) electrons. The summed E-state index contributed by atoms with van der Waals surface area (Å²) in [5.41, 5.74) is -0.403. The predicted molar refractivity (Wildman–Crippen MR) is 45.0 cm³/mol. The molecule has 0 aliphatic rings. The summed E-state index contributed by atoms with van der Waals surface area (Å²) in [6, 6.07) is 0. The Morgan fingerprint density at radius 3 is 1.11 bits per heavy atom. The third-order valence-corrected chi connectivity index (χ3v) is 1.02. The fourth-order valence-corrected chi connectivity index (χ4v) is 0.612. The molecular weight excluding hydrogens is 318 g/mol. The van der Waals surface area contributed by atoms with Gasteiger partial charge in [0.2, 0.25) is 20.8 Å². The molecule has 0 aromatic carbocycles. The molecule has 0 unspecified atom stereocenters. The van der Waals surface area contributed by atoms with Crippen molar-refractivity contribution in [3.8, 4) is 0 Å². The minimum atomic E-state index is -5.31. The zero-order chi connectivity index (χ0) is 13.6. The van der Waals surface area contributed by atoms with E-state index in [1.807, 2.05) is 0 Å². The van der Waals surface area contributed by atoms with Crippen LogP contribution in [0.5, 0.6) is 0 Å². The summed E-state index contributed by atoms with van der Waals surface area (Å²) in [4.78, 5) is 3.94. The van der Waals surface area contributed by atoms with E-state index in [2.05, 4.69) is 13.6 Å². The molecule has 0 heterocycles. The van der Waals surface area contributed by atoms with Gasteiger partial charge in [0.1, 0.15) is 0 Å². The quantitative estimate of drug-likeness (QED) is 0.173. The summed E-state index contributed by atoms with van der Waals surface area (Å²) >= 11 is 0. The molecule has 0 fully saturated rings. The standard InChI is InChI=1S/C4H10O2.2Na.H2O8S2/c1-4(2,3)6-5;;;1-9(2,3)7-8-10(4,5)6/h5H,1-3H3;;;(H,1,2,3)(H,4,5,6)/q;2*+1;/p-2. The van der Waals surface area contributed by atoms with Crippen molar-refractivity contribution < 1.29 is 104 Å². The minimum absolute atomic E-state index is 0. The van der Waals surface area contributed by atoms with E-state index in [-0.39, 0.29) is 59.1 Å². The van der Waals surface area contributed by atoms with Gasteiger partial charge in [0.25, 0.3) is 0 Å². The first kappa shape index (κ1) is 27.9. The topological polar surface area (TPSA) is 162 Å². The van der Waals surface area contributed by atoms with Gasteiger partial charge >= 0.3 is 59.1 Å². The van der Waals surface area contributed by atoms with Crippen LogP contribution in [0.25, 0.3) is 0 Å². The van der Waals surface area contributed by atoms with Crippen LogP contribution in [0.2, 0.25) is 0 Å². The molecule has 0 aromatic heterocycles. The number of rotatable bonds is 3. The van der Waals surface area contributed by atoms with Gasteiger partial charge in [0.15, 0.2) is 0 Å². The van der Waals surface area contributed by atoms with Crippen LogP contribution in [-0.4, -0.2) is 36.8 Å². The molecular formula is C4H10Na2O10S2. The molecule has 0 spiro atoms. The van der Waals surface area contributed by atoms with Gasteiger partial charge in [0.05, 0.1) is 5.60 Å². The Labute approximate surface area is 149 Å². The molecule has 100 valence electrons. The molecule has 10 nitrogen and oxygen atoms in total. The maximum Gasteiger partial charge on any atom is 1.00 e. The van der Waals surface area contributed by atoms with E-state index < -0.39 is 26.4 Å². The van der Waals surface area contributed by atoms with Gasteiger partial charge in [-0.05, 0) is 20.8 Å². The van der Waals surface area contributed by atoms with Crippen molar-refractivity contribution in [3.63, 3.8) is 0 Å². The summed E-state index contributed by atoms with van der Waals surface area (Å²) in [6.45, 7) is 5.31. The first-order valence-electron chi connectivity index (χ1n) is 3.39. The van der Waals surface area contributed by atoms with E-state index in [0.717, 1.165) is 0 Å². The second-order valence-electron chi connectivity index (χ2n) is 3.16. The molecule has 14 heteroatoms. The SMILES string of the molecule is CC(C)(C)OO.O=S(=O)([O-])OOS(=O)(=O)[O-].[Na+].[Na+]. The Morgan fingerprint density at radius 2 is 1.06 bits per heavy atom. The second-order valence-corrected chi connectivity index (χ2v) is 5.06. The zero-order valence-electron chi connectivity index (χ0n) is 10.4. The Kier molecular flexibility index (Phi) is 17.6. The van der Waals surface area contributed by atoms with E-state index in [4.69, 9.17) is 5.26 Å². The van der Waals surface area contributed by atoms with Crippen LogP contribution in [0.15, 0.2) is 0 Å². The molecule has 0 aliphatic heterocycles. The molecule has 0 amide bonds. The normalized spacial score (nSPS) is 11.4. The van der Waals surface area contributed by atoms with Crippen molar-refractivity contribution in [2.45, 2.75) is 26.4 Å². The molecule has 0 bridgehead atoms. The molecule has 1 N–H and O–H groups in total. The second kappa shape index (κ2) is 11.3. The fraction of sp³-hybridized carbons (Fsp3) is 1.00. The Balaban J connectivity index is -0.000000108. The molecule has 0 saturated carbocycles. The van der Waals surface area contributed by atoms with E-state index >= 15 is 0 Å². The Bertz CT molecular complexity index is 349. The van der Waals surface area contributed by atoms with Crippen LogP contribution in [0, 0.1) is 0 Å². The first-order chi connectivity index (χ1) is 6.77. The minimum Gasteiger partial charge on any atom is -0.724 e. The summed E-state index contributed by atoms with van der Waals surface area (Å²) < 4.78 is 61.5. The van der Waals surface area contributed by atoms with Gasteiger partial charge in [-0.1, -0.05) is 0 Å². The van der Waals surface area contributed by atoms with Crippen LogP contribution in [0.1, 0.15) is 20.8 Å². The van der Waals surface area contributed by atoms with Gasteiger partial charge in [-0.3, -0.25) is 5.26 Å². The fourth-order valence-electron chi connectivity index (χ4n) is 0.0680.